The zero-order valence-electron chi connectivity index (χ0n) is 22.7. The van der Waals surface area contributed by atoms with Crippen molar-refractivity contribution in [1.82, 2.24) is 14.3 Å². The van der Waals surface area contributed by atoms with E-state index in [1.165, 1.54) is 11.1 Å². The molecule has 3 aromatic carbocycles. The minimum Gasteiger partial charge on any atom is -0.493 e. The number of aliphatic carboxylic acids is 1. The highest BCUT2D eigenvalue weighted by Crippen LogP contribution is 2.35. The van der Waals surface area contributed by atoms with Gasteiger partial charge in [0.1, 0.15) is 11.6 Å². The normalized spacial score (nSPS) is 12.9. The van der Waals surface area contributed by atoms with Gasteiger partial charge in [-0.15, -0.1) is 5.10 Å². The first kappa shape index (κ1) is 28.1. The number of aromatic nitrogens is 3. The number of rotatable bonds is 13. The van der Waals surface area contributed by atoms with Crippen LogP contribution in [0.25, 0.3) is 16.8 Å². The van der Waals surface area contributed by atoms with Gasteiger partial charge < -0.3 is 9.84 Å². The maximum atomic E-state index is 13.2. The first-order valence-corrected chi connectivity index (χ1v) is 15.4. The first-order chi connectivity index (χ1) is 19.5. The number of ether oxygens (including phenoxy) is 1. The molecule has 0 spiro atoms. The number of hydrogen-bond acceptors (Lipinski definition) is 4. The highest BCUT2D eigenvalue weighted by molar-refractivity contribution is 14.1. The van der Waals surface area contributed by atoms with Crippen molar-refractivity contribution >= 4 is 28.6 Å². The van der Waals surface area contributed by atoms with Crippen LogP contribution in [0.15, 0.2) is 71.5 Å². The number of carbonyl (C=O) groups is 1. The third-order valence-corrected chi connectivity index (χ3v) is 8.03. The van der Waals surface area contributed by atoms with Gasteiger partial charge in [0.2, 0.25) is 0 Å². The van der Waals surface area contributed by atoms with Crippen LogP contribution in [0.2, 0.25) is 0 Å². The van der Waals surface area contributed by atoms with Gasteiger partial charge in [-0.25, -0.2) is 4.79 Å². The Bertz CT molecular complexity index is 1520. The minimum atomic E-state index is -0.875. The van der Waals surface area contributed by atoms with Crippen molar-refractivity contribution in [1.29, 1.82) is 0 Å². The van der Waals surface area contributed by atoms with Gasteiger partial charge in [0.25, 0.3) is 0 Å². The van der Waals surface area contributed by atoms with Crippen molar-refractivity contribution in [3.05, 3.63) is 99.7 Å². The van der Waals surface area contributed by atoms with E-state index in [0.717, 1.165) is 65.6 Å². The van der Waals surface area contributed by atoms with Crippen LogP contribution in [-0.4, -0.2) is 32.0 Å². The van der Waals surface area contributed by atoms with Crippen molar-refractivity contribution in [3.63, 3.8) is 0 Å². The van der Waals surface area contributed by atoms with E-state index in [1.807, 2.05) is 41.8 Å². The van der Waals surface area contributed by atoms with Crippen molar-refractivity contribution in [2.45, 2.75) is 62.3 Å². The van der Waals surface area contributed by atoms with E-state index in [0.29, 0.717) is 17.9 Å². The summed E-state index contributed by atoms with van der Waals surface area (Å²) in [6.45, 7) is 2.58. The Kier molecular flexibility index (Phi) is 9.04. The Morgan fingerprint density at radius 3 is 2.35 bits per heavy atom. The SMILES string of the molecule is CCCOc1ccc(-c2ccc(CCCc3nn(-c4ccc(CI)cc4)c(=O)n3C3CC3)cc2)cc1CC(=O)O. The standard InChI is InChI=1S/C32H34IN3O4/c1-2-18-40-29-17-12-25(19-26(29)20-31(37)38)24-10-6-22(7-11-24)4-3-5-30-34-36(32(39)35(30)27-15-16-27)28-13-8-23(21-33)9-14-28/h6-14,17,19,27H,2-5,15-16,18,20-21H2,1H3,(H,37,38). The van der Waals surface area contributed by atoms with Gasteiger partial charge in [-0.2, -0.15) is 4.68 Å². The molecule has 4 aromatic rings. The van der Waals surface area contributed by atoms with Crippen LogP contribution in [0.1, 0.15) is 61.2 Å². The van der Waals surface area contributed by atoms with Crippen LogP contribution >= 0.6 is 22.6 Å². The zero-order valence-corrected chi connectivity index (χ0v) is 24.8. The molecule has 1 fully saturated rings. The van der Waals surface area contributed by atoms with Gasteiger partial charge >= 0.3 is 11.7 Å². The molecule has 208 valence electrons. The Labute approximate surface area is 248 Å². The fraction of sp³-hybridized carbons (Fsp3) is 0.344. The lowest BCUT2D eigenvalue weighted by molar-refractivity contribution is -0.136. The number of halogens is 1. The number of alkyl halides is 1. The fourth-order valence-corrected chi connectivity index (χ4v) is 5.42. The van der Waals surface area contributed by atoms with Gasteiger partial charge in [-0.1, -0.05) is 72.0 Å². The summed E-state index contributed by atoms with van der Waals surface area (Å²) in [5.74, 6) is 0.618. The molecule has 1 saturated carbocycles. The predicted molar refractivity (Wildman–Crippen MR) is 165 cm³/mol. The minimum absolute atomic E-state index is 0.0440. The smallest absolute Gasteiger partial charge is 0.350 e. The number of carboxylic acid groups (broad SMARTS) is 1. The van der Waals surface area contributed by atoms with Crippen LogP contribution in [0.5, 0.6) is 5.75 Å². The van der Waals surface area contributed by atoms with Crippen LogP contribution in [-0.2, 0) is 28.5 Å². The molecule has 0 radical (unpaired) electrons. The molecular weight excluding hydrogens is 617 g/mol. The van der Waals surface area contributed by atoms with Gasteiger partial charge in [-0.05, 0) is 78.6 Å². The lowest BCUT2D eigenvalue weighted by atomic mass is 9.98. The largest absolute Gasteiger partial charge is 0.493 e. The number of benzene rings is 3. The highest BCUT2D eigenvalue weighted by atomic mass is 127. The monoisotopic (exact) mass is 651 g/mol. The van der Waals surface area contributed by atoms with Crippen molar-refractivity contribution < 1.29 is 14.6 Å². The second-order valence-electron chi connectivity index (χ2n) is 10.3. The molecule has 0 aliphatic heterocycles. The maximum absolute atomic E-state index is 13.2. The summed E-state index contributed by atoms with van der Waals surface area (Å²) in [7, 11) is 0. The molecular formula is C32H34IN3O4. The van der Waals surface area contributed by atoms with Gasteiger partial charge in [0, 0.05) is 22.5 Å². The summed E-state index contributed by atoms with van der Waals surface area (Å²) in [6, 6.07) is 22.5. The second-order valence-corrected chi connectivity index (χ2v) is 11.1. The molecule has 0 saturated heterocycles. The molecule has 0 amide bonds. The molecule has 0 atom stereocenters. The Hall–Kier alpha value is -3.40. The Balaban J connectivity index is 1.26. The zero-order chi connectivity index (χ0) is 28.1. The number of hydrogen-bond donors (Lipinski definition) is 1. The number of aryl methyl sites for hydroxylation is 2. The van der Waals surface area contributed by atoms with Gasteiger partial charge in [-0.3, -0.25) is 9.36 Å². The number of nitrogens with zero attached hydrogens (tertiary/aromatic N) is 3. The predicted octanol–water partition coefficient (Wildman–Crippen LogP) is 6.56. The summed E-state index contributed by atoms with van der Waals surface area (Å²) < 4.78 is 10.1. The molecule has 5 rings (SSSR count). The van der Waals surface area contributed by atoms with Crippen molar-refractivity contribution in [2.75, 3.05) is 6.61 Å². The molecule has 0 unspecified atom stereocenters. The molecule has 40 heavy (non-hydrogen) atoms. The van der Waals surface area contributed by atoms with E-state index >= 15 is 0 Å². The molecule has 1 heterocycles. The molecule has 1 aliphatic rings. The molecule has 7 nitrogen and oxygen atoms in total. The van der Waals surface area contributed by atoms with E-state index in [9.17, 15) is 14.7 Å². The highest BCUT2D eigenvalue weighted by Gasteiger charge is 2.30. The van der Waals surface area contributed by atoms with Gasteiger partial charge in [0.05, 0.1) is 18.7 Å². The average molecular weight is 652 g/mol. The topological polar surface area (TPSA) is 86.4 Å². The van der Waals surface area contributed by atoms with Crippen molar-refractivity contribution in [2.24, 2.45) is 0 Å². The third-order valence-electron chi connectivity index (χ3n) is 7.14. The van der Waals surface area contributed by atoms with E-state index in [2.05, 4.69) is 59.0 Å². The quantitative estimate of drug-likeness (QED) is 0.131. The lowest BCUT2D eigenvalue weighted by Gasteiger charge is -2.12. The third kappa shape index (κ3) is 6.66. The van der Waals surface area contributed by atoms with E-state index in [4.69, 9.17) is 9.84 Å². The average Bonchev–Trinajstić information content (AvgIpc) is 3.75. The molecule has 1 aromatic heterocycles. The summed E-state index contributed by atoms with van der Waals surface area (Å²) >= 11 is 2.33. The molecule has 0 bridgehead atoms. The van der Waals surface area contributed by atoms with Crippen molar-refractivity contribution in [3.8, 4) is 22.6 Å². The Morgan fingerprint density at radius 1 is 1.00 bits per heavy atom. The second kappa shape index (κ2) is 12.8. The summed E-state index contributed by atoms with van der Waals surface area (Å²) in [4.78, 5) is 24.6. The van der Waals surface area contributed by atoms with E-state index < -0.39 is 5.97 Å². The van der Waals surface area contributed by atoms with Crippen LogP contribution in [0, 0.1) is 0 Å². The first-order valence-electron chi connectivity index (χ1n) is 13.9. The van der Waals surface area contributed by atoms with E-state index in [1.54, 1.807) is 4.68 Å². The molecule has 8 heteroatoms. The van der Waals surface area contributed by atoms with Gasteiger partial charge in [0.15, 0.2) is 0 Å². The summed E-state index contributed by atoms with van der Waals surface area (Å²) in [5.41, 5.74) is 5.90. The summed E-state index contributed by atoms with van der Waals surface area (Å²) in [6.07, 6.45) is 5.37. The molecule has 1 N–H and O–H groups in total. The van der Waals surface area contributed by atoms with E-state index in [-0.39, 0.29) is 18.2 Å². The maximum Gasteiger partial charge on any atom is 0.350 e. The van der Waals surface area contributed by atoms with Crippen LogP contribution in [0.3, 0.4) is 0 Å². The Morgan fingerprint density at radius 2 is 1.70 bits per heavy atom. The lowest BCUT2D eigenvalue weighted by Crippen LogP contribution is -2.23. The number of carboxylic acids is 1. The fourth-order valence-electron chi connectivity index (χ4n) is 4.91. The van der Waals surface area contributed by atoms with Crippen LogP contribution in [0.4, 0.5) is 0 Å². The summed E-state index contributed by atoms with van der Waals surface area (Å²) in [5, 5.41) is 14.1. The molecule has 1 aliphatic carbocycles. The van der Waals surface area contributed by atoms with Crippen LogP contribution < -0.4 is 10.4 Å².